The van der Waals surface area contributed by atoms with Gasteiger partial charge in [-0.05, 0) is 62.8 Å². The SMILES string of the molecule is CCN(CC)CCNC(=O)c1ccc(NC(=O)Cc2c(C)nc3c(C)cccn23)cc1. The predicted octanol–water partition coefficient (Wildman–Crippen LogP) is 3.20. The van der Waals surface area contributed by atoms with Crippen molar-refractivity contribution in [3.8, 4) is 0 Å². The Morgan fingerprint density at radius 3 is 2.45 bits per heavy atom. The molecular formula is C24H31N5O2. The Morgan fingerprint density at radius 1 is 1.06 bits per heavy atom. The zero-order chi connectivity index (χ0) is 22.4. The van der Waals surface area contributed by atoms with E-state index < -0.39 is 0 Å². The number of imidazole rings is 1. The second kappa shape index (κ2) is 10.2. The molecule has 0 unspecified atom stereocenters. The monoisotopic (exact) mass is 421 g/mol. The Morgan fingerprint density at radius 2 is 1.77 bits per heavy atom. The van der Waals surface area contributed by atoms with Crippen molar-refractivity contribution in [3.05, 3.63) is 65.1 Å². The molecule has 2 N–H and O–H groups in total. The van der Waals surface area contributed by atoms with Gasteiger partial charge in [0.1, 0.15) is 5.65 Å². The number of nitrogens with zero attached hydrogens (tertiary/aromatic N) is 3. The van der Waals surface area contributed by atoms with Gasteiger partial charge in [0.05, 0.1) is 17.8 Å². The smallest absolute Gasteiger partial charge is 0.251 e. The fraction of sp³-hybridized carbons (Fsp3) is 0.375. The number of carbonyl (C=O) groups is 2. The van der Waals surface area contributed by atoms with Gasteiger partial charge in [-0.2, -0.15) is 0 Å². The molecule has 0 fully saturated rings. The van der Waals surface area contributed by atoms with Crippen molar-refractivity contribution in [1.82, 2.24) is 19.6 Å². The lowest BCUT2D eigenvalue weighted by Gasteiger charge is -2.18. The molecule has 0 bridgehead atoms. The molecule has 164 valence electrons. The Hall–Kier alpha value is -3.19. The van der Waals surface area contributed by atoms with Gasteiger partial charge in [-0.1, -0.05) is 19.9 Å². The van der Waals surface area contributed by atoms with E-state index in [0.29, 0.717) is 17.8 Å². The Kier molecular flexibility index (Phi) is 7.41. The number of hydrogen-bond donors (Lipinski definition) is 2. The lowest BCUT2D eigenvalue weighted by molar-refractivity contribution is -0.115. The summed E-state index contributed by atoms with van der Waals surface area (Å²) in [6.07, 6.45) is 2.16. The number of aromatic nitrogens is 2. The molecule has 2 amide bonds. The molecule has 3 aromatic rings. The van der Waals surface area contributed by atoms with Gasteiger partial charge in [0, 0.05) is 30.5 Å². The van der Waals surface area contributed by atoms with Gasteiger partial charge in [-0.15, -0.1) is 0 Å². The van der Waals surface area contributed by atoms with Gasteiger partial charge in [-0.25, -0.2) is 4.98 Å². The molecule has 0 aliphatic carbocycles. The van der Waals surface area contributed by atoms with E-state index in [1.165, 1.54) is 0 Å². The zero-order valence-electron chi connectivity index (χ0n) is 18.7. The highest BCUT2D eigenvalue weighted by Crippen LogP contribution is 2.17. The molecule has 1 aromatic carbocycles. The number of amides is 2. The number of likely N-dealkylation sites (N-methyl/N-ethyl adjacent to an activating group) is 1. The van der Waals surface area contributed by atoms with Crippen LogP contribution < -0.4 is 10.6 Å². The van der Waals surface area contributed by atoms with Crippen LogP contribution in [-0.4, -0.2) is 52.3 Å². The highest BCUT2D eigenvalue weighted by Gasteiger charge is 2.14. The number of aryl methyl sites for hydroxylation is 2. The number of pyridine rings is 1. The standard InChI is InChI=1S/C24H31N5O2/c1-5-28(6-2)15-13-25-24(31)19-9-11-20(12-10-19)27-22(30)16-21-18(4)26-23-17(3)8-7-14-29(21)23/h7-12,14H,5-6,13,15-16H2,1-4H3,(H,25,31)(H,27,30). The summed E-state index contributed by atoms with van der Waals surface area (Å²) in [5.74, 6) is -0.232. The summed E-state index contributed by atoms with van der Waals surface area (Å²) in [5.41, 5.74) is 4.90. The van der Waals surface area contributed by atoms with E-state index in [-0.39, 0.29) is 18.2 Å². The van der Waals surface area contributed by atoms with Crippen molar-refractivity contribution < 1.29 is 9.59 Å². The normalized spacial score (nSPS) is 11.1. The van der Waals surface area contributed by atoms with Gasteiger partial charge in [0.25, 0.3) is 5.91 Å². The van der Waals surface area contributed by atoms with Gasteiger partial charge in [0.15, 0.2) is 0 Å². The maximum absolute atomic E-state index is 12.6. The number of rotatable bonds is 9. The maximum Gasteiger partial charge on any atom is 0.251 e. The second-order valence-electron chi connectivity index (χ2n) is 7.61. The lowest BCUT2D eigenvalue weighted by Crippen LogP contribution is -2.34. The third-order valence-electron chi connectivity index (χ3n) is 5.51. The summed E-state index contributed by atoms with van der Waals surface area (Å²) in [7, 11) is 0. The van der Waals surface area contributed by atoms with E-state index in [2.05, 4.69) is 34.4 Å². The molecule has 0 atom stereocenters. The number of nitrogens with one attached hydrogen (secondary N) is 2. The van der Waals surface area contributed by atoms with E-state index in [1.54, 1.807) is 24.3 Å². The van der Waals surface area contributed by atoms with Crippen molar-refractivity contribution in [1.29, 1.82) is 0 Å². The summed E-state index contributed by atoms with van der Waals surface area (Å²) in [6.45, 7) is 11.5. The minimum atomic E-state index is -0.122. The molecule has 31 heavy (non-hydrogen) atoms. The molecular weight excluding hydrogens is 390 g/mol. The first-order valence-electron chi connectivity index (χ1n) is 10.8. The average molecular weight is 422 g/mol. The Bertz CT molecular complexity index is 1050. The third kappa shape index (κ3) is 5.49. The molecule has 2 aromatic heterocycles. The first kappa shape index (κ1) is 22.5. The van der Waals surface area contributed by atoms with Crippen LogP contribution in [0.5, 0.6) is 0 Å². The number of fused-ring (bicyclic) bond motifs is 1. The minimum absolute atomic E-state index is 0.109. The van der Waals surface area contributed by atoms with Crippen LogP contribution in [0.2, 0.25) is 0 Å². The van der Waals surface area contributed by atoms with E-state index in [0.717, 1.165) is 42.2 Å². The zero-order valence-corrected chi connectivity index (χ0v) is 18.7. The van der Waals surface area contributed by atoms with E-state index >= 15 is 0 Å². The van der Waals surface area contributed by atoms with Crippen molar-refractivity contribution >= 4 is 23.1 Å². The fourth-order valence-electron chi connectivity index (χ4n) is 3.61. The Balaban J connectivity index is 1.57. The highest BCUT2D eigenvalue weighted by atomic mass is 16.2. The van der Waals surface area contributed by atoms with Crippen LogP contribution in [0.4, 0.5) is 5.69 Å². The van der Waals surface area contributed by atoms with Crippen molar-refractivity contribution in [2.45, 2.75) is 34.1 Å². The van der Waals surface area contributed by atoms with E-state index in [1.807, 2.05) is 36.6 Å². The van der Waals surface area contributed by atoms with E-state index in [4.69, 9.17) is 0 Å². The molecule has 0 spiro atoms. The maximum atomic E-state index is 12.6. The topological polar surface area (TPSA) is 78.7 Å². The molecule has 0 aliphatic rings. The van der Waals surface area contributed by atoms with Crippen molar-refractivity contribution in [2.24, 2.45) is 0 Å². The largest absolute Gasteiger partial charge is 0.351 e. The van der Waals surface area contributed by atoms with Crippen molar-refractivity contribution in [3.63, 3.8) is 0 Å². The van der Waals surface area contributed by atoms with Crippen LogP contribution in [0.3, 0.4) is 0 Å². The molecule has 2 heterocycles. The molecule has 0 saturated heterocycles. The van der Waals surface area contributed by atoms with Crippen LogP contribution in [-0.2, 0) is 11.2 Å². The molecule has 3 rings (SSSR count). The Labute approximate surface area is 183 Å². The van der Waals surface area contributed by atoms with Crippen molar-refractivity contribution in [2.75, 3.05) is 31.5 Å². The molecule has 0 aliphatic heterocycles. The van der Waals surface area contributed by atoms with Crippen LogP contribution >= 0.6 is 0 Å². The van der Waals surface area contributed by atoms with Gasteiger partial charge in [0.2, 0.25) is 5.91 Å². The molecule has 0 saturated carbocycles. The van der Waals surface area contributed by atoms with Gasteiger partial charge < -0.3 is 19.9 Å². The summed E-state index contributed by atoms with van der Waals surface area (Å²) < 4.78 is 1.97. The quantitative estimate of drug-likeness (QED) is 0.556. The van der Waals surface area contributed by atoms with E-state index in [9.17, 15) is 9.59 Å². The second-order valence-corrected chi connectivity index (χ2v) is 7.61. The number of benzene rings is 1. The number of carbonyl (C=O) groups excluding carboxylic acids is 2. The number of hydrogen-bond acceptors (Lipinski definition) is 4. The minimum Gasteiger partial charge on any atom is -0.351 e. The molecule has 7 heteroatoms. The molecule has 7 nitrogen and oxygen atoms in total. The van der Waals surface area contributed by atoms with Gasteiger partial charge >= 0.3 is 0 Å². The van der Waals surface area contributed by atoms with Crippen LogP contribution in [0.25, 0.3) is 5.65 Å². The summed E-state index contributed by atoms with van der Waals surface area (Å²) in [6, 6.07) is 10.9. The highest BCUT2D eigenvalue weighted by molar-refractivity contribution is 5.96. The summed E-state index contributed by atoms with van der Waals surface area (Å²) in [5, 5.41) is 5.85. The summed E-state index contributed by atoms with van der Waals surface area (Å²) in [4.78, 5) is 31.8. The fourth-order valence-corrected chi connectivity index (χ4v) is 3.61. The van der Waals surface area contributed by atoms with Crippen LogP contribution in [0.1, 0.15) is 41.2 Å². The summed E-state index contributed by atoms with van der Waals surface area (Å²) >= 11 is 0. The van der Waals surface area contributed by atoms with Crippen LogP contribution in [0, 0.1) is 13.8 Å². The van der Waals surface area contributed by atoms with Crippen LogP contribution in [0.15, 0.2) is 42.6 Å². The predicted molar refractivity (Wildman–Crippen MR) is 124 cm³/mol. The van der Waals surface area contributed by atoms with Gasteiger partial charge in [-0.3, -0.25) is 9.59 Å². The lowest BCUT2D eigenvalue weighted by atomic mass is 10.2. The average Bonchev–Trinajstić information content (AvgIpc) is 3.08. The molecule has 0 radical (unpaired) electrons. The third-order valence-corrected chi connectivity index (χ3v) is 5.51. The first-order chi connectivity index (χ1) is 14.9. The first-order valence-corrected chi connectivity index (χ1v) is 10.8. The number of anilines is 1.